The standard InChI is InChI=1S/C19H21BrN4O5S/c1-11(18(25)26)24-10-13-3-2-12(8-16(13)30(24,27)28)17-15(20)9-21-19(23-17)22-14-4-6-29-7-5-14/h2-3,8-9,11,14H,4-7,10H2,1H3,(H,25,26)(H,21,22,23)/t11-/m1/s1. The molecule has 1 aromatic carbocycles. The summed E-state index contributed by atoms with van der Waals surface area (Å²) in [6.45, 7) is 2.78. The second-order valence-corrected chi connectivity index (χ2v) is 10.0. The van der Waals surface area contributed by atoms with E-state index in [9.17, 15) is 18.3 Å². The van der Waals surface area contributed by atoms with Crippen LogP contribution in [-0.4, -0.2) is 59.1 Å². The van der Waals surface area contributed by atoms with Crippen LogP contribution in [0.2, 0.25) is 0 Å². The molecule has 1 fully saturated rings. The van der Waals surface area contributed by atoms with Gasteiger partial charge in [-0.15, -0.1) is 0 Å². The van der Waals surface area contributed by atoms with Crippen molar-refractivity contribution in [3.05, 3.63) is 34.4 Å². The Morgan fingerprint density at radius 1 is 1.37 bits per heavy atom. The number of halogens is 1. The normalized spacial score (nSPS) is 19.9. The topological polar surface area (TPSA) is 122 Å². The van der Waals surface area contributed by atoms with Crippen LogP contribution >= 0.6 is 15.9 Å². The van der Waals surface area contributed by atoms with Crippen LogP contribution in [0.15, 0.2) is 33.8 Å². The Bertz CT molecular complexity index is 1090. The van der Waals surface area contributed by atoms with Gasteiger partial charge in [0.1, 0.15) is 6.04 Å². The number of anilines is 1. The van der Waals surface area contributed by atoms with Crippen molar-refractivity contribution in [2.45, 2.75) is 43.3 Å². The highest BCUT2D eigenvalue weighted by atomic mass is 79.9. The van der Waals surface area contributed by atoms with Gasteiger partial charge in [0.05, 0.1) is 15.1 Å². The molecule has 0 aliphatic carbocycles. The molecular weight excluding hydrogens is 476 g/mol. The fourth-order valence-electron chi connectivity index (χ4n) is 3.58. The number of hydrogen-bond donors (Lipinski definition) is 2. The number of nitrogens with one attached hydrogen (secondary N) is 1. The van der Waals surface area contributed by atoms with Crippen LogP contribution in [0.4, 0.5) is 5.95 Å². The lowest BCUT2D eigenvalue weighted by Crippen LogP contribution is -2.38. The van der Waals surface area contributed by atoms with Crippen molar-refractivity contribution in [2.24, 2.45) is 0 Å². The van der Waals surface area contributed by atoms with Crippen molar-refractivity contribution in [1.29, 1.82) is 0 Å². The summed E-state index contributed by atoms with van der Waals surface area (Å²) in [7, 11) is -3.90. The molecular formula is C19H21BrN4O5S. The van der Waals surface area contributed by atoms with E-state index in [2.05, 4.69) is 31.2 Å². The lowest BCUT2D eigenvalue weighted by atomic mass is 10.1. The lowest BCUT2D eigenvalue weighted by molar-refractivity contribution is -0.140. The van der Waals surface area contributed by atoms with Crippen LogP contribution < -0.4 is 5.32 Å². The predicted octanol–water partition coefficient (Wildman–Crippen LogP) is 2.47. The average molecular weight is 497 g/mol. The molecule has 4 rings (SSSR count). The van der Waals surface area contributed by atoms with E-state index in [-0.39, 0.29) is 17.5 Å². The van der Waals surface area contributed by atoms with Crippen molar-refractivity contribution < 1.29 is 23.1 Å². The molecule has 11 heteroatoms. The van der Waals surface area contributed by atoms with Gasteiger partial charge < -0.3 is 15.2 Å². The predicted molar refractivity (Wildman–Crippen MR) is 112 cm³/mol. The van der Waals surface area contributed by atoms with Gasteiger partial charge >= 0.3 is 5.97 Å². The maximum Gasteiger partial charge on any atom is 0.321 e. The molecule has 0 saturated carbocycles. The number of aliphatic carboxylic acids is 1. The number of carbonyl (C=O) groups is 1. The molecule has 1 aromatic heterocycles. The number of aromatic nitrogens is 2. The third-order valence-corrected chi connectivity index (χ3v) is 7.92. The molecule has 0 bridgehead atoms. The van der Waals surface area contributed by atoms with Crippen LogP contribution in [0, 0.1) is 0 Å². The maximum atomic E-state index is 12.9. The fourth-order valence-corrected chi connectivity index (χ4v) is 5.81. The summed E-state index contributed by atoms with van der Waals surface area (Å²) in [5.41, 5.74) is 1.73. The van der Waals surface area contributed by atoms with E-state index < -0.39 is 22.0 Å². The summed E-state index contributed by atoms with van der Waals surface area (Å²) in [6.07, 6.45) is 3.36. The van der Waals surface area contributed by atoms with E-state index >= 15 is 0 Å². The van der Waals surface area contributed by atoms with Gasteiger partial charge in [-0.05, 0) is 47.3 Å². The monoisotopic (exact) mass is 496 g/mol. The third kappa shape index (κ3) is 3.94. The highest BCUT2D eigenvalue weighted by Gasteiger charge is 2.40. The lowest BCUT2D eigenvalue weighted by Gasteiger charge is -2.23. The van der Waals surface area contributed by atoms with Crippen molar-refractivity contribution in [3.8, 4) is 11.3 Å². The van der Waals surface area contributed by atoms with Gasteiger partial charge in [0.2, 0.25) is 16.0 Å². The molecule has 1 saturated heterocycles. The summed E-state index contributed by atoms with van der Waals surface area (Å²) in [5.74, 6) is -0.724. The van der Waals surface area contributed by atoms with Crippen molar-refractivity contribution >= 4 is 37.9 Å². The van der Waals surface area contributed by atoms with Crippen molar-refractivity contribution in [1.82, 2.24) is 14.3 Å². The molecule has 3 heterocycles. The molecule has 2 aliphatic heterocycles. The van der Waals surface area contributed by atoms with Crippen LogP contribution in [0.3, 0.4) is 0 Å². The van der Waals surface area contributed by atoms with Gasteiger partial charge in [-0.25, -0.2) is 18.4 Å². The van der Waals surface area contributed by atoms with Crippen molar-refractivity contribution in [2.75, 3.05) is 18.5 Å². The summed E-state index contributed by atoms with van der Waals surface area (Å²) in [6, 6.07) is 4.11. The third-order valence-electron chi connectivity index (χ3n) is 5.34. The van der Waals surface area contributed by atoms with Crippen LogP contribution in [0.5, 0.6) is 0 Å². The van der Waals surface area contributed by atoms with E-state index in [4.69, 9.17) is 4.74 Å². The number of ether oxygens (including phenoxy) is 1. The van der Waals surface area contributed by atoms with Gasteiger partial charge in [0.25, 0.3) is 0 Å². The number of fused-ring (bicyclic) bond motifs is 1. The molecule has 30 heavy (non-hydrogen) atoms. The molecule has 160 valence electrons. The molecule has 0 spiro atoms. The van der Waals surface area contributed by atoms with Crippen LogP contribution in [0.25, 0.3) is 11.3 Å². The average Bonchev–Trinajstić information content (AvgIpc) is 2.99. The minimum Gasteiger partial charge on any atom is -0.480 e. The van der Waals surface area contributed by atoms with Gasteiger partial charge in [-0.2, -0.15) is 4.31 Å². The van der Waals surface area contributed by atoms with E-state index in [1.165, 1.54) is 6.92 Å². The number of sulfonamides is 1. The molecule has 2 N–H and O–H groups in total. The molecule has 0 amide bonds. The minimum atomic E-state index is -3.90. The second kappa shape index (κ2) is 8.22. The number of nitrogens with zero attached hydrogens (tertiary/aromatic N) is 3. The minimum absolute atomic E-state index is 0.0346. The number of carboxylic acids is 1. The van der Waals surface area contributed by atoms with E-state index in [0.717, 1.165) is 17.1 Å². The number of carboxylic acid groups (broad SMARTS) is 1. The largest absolute Gasteiger partial charge is 0.480 e. The first-order valence-corrected chi connectivity index (χ1v) is 11.8. The Morgan fingerprint density at radius 2 is 2.10 bits per heavy atom. The summed E-state index contributed by atoms with van der Waals surface area (Å²) in [4.78, 5) is 20.3. The Labute approximate surface area is 182 Å². The summed E-state index contributed by atoms with van der Waals surface area (Å²) >= 11 is 3.45. The quantitative estimate of drug-likeness (QED) is 0.647. The zero-order valence-electron chi connectivity index (χ0n) is 16.2. The van der Waals surface area contributed by atoms with E-state index in [1.807, 2.05) is 0 Å². The number of rotatable bonds is 5. The Hall–Kier alpha value is -2.08. The molecule has 2 aliphatic rings. The number of hydrogen-bond acceptors (Lipinski definition) is 7. The molecule has 1 atom stereocenters. The molecule has 2 aromatic rings. The smallest absolute Gasteiger partial charge is 0.321 e. The number of benzene rings is 1. The first-order valence-electron chi connectivity index (χ1n) is 9.52. The Morgan fingerprint density at radius 3 is 2.80 bits per heavy atom. The Kier molecular flexibility index (Phi) is 5.80. The van der Waals surface area contributed by atoms with E-state index in [0.29, 0.717) is 40.5 Å². The Balaban J connectivity index is 1.66. The van der Waals surface area contributed by atoms with Crippen LogP contribution in [-0.2, 0) is 26.1 Å². The van der Waals surface area contributed by atoms with E-state index in [1.54, 1.807) is 24.4 Å². The zero-order chi connectivity index (χ0) is 21.5. The van der Waals surface area contributed by atoms with Crippen molar-refractivity contribution in [3.63, 3.8) is 0 Å². The highest BCUT2D eigenvalue weighted by Crippen LogP contribution is 2.36. The van der Waals surface area contributed by atoms with Gasteiger partial charge in [0.15, 0.2) is 0 Å². The van der Waals surface area contributed by atoms with Gasteiger partial charge in [0, 0.05) is 37.6 Å². The summed E-state index contributed by atoms with van der Waals surface area (Å²) < 4.78 is 32.8. The molecule has 9 nitrogen and oxygen atoms in total. The highest BCUT2D eigenvalue weighted by molar-refractivity contribution is 9.10. The summed E-state index contributed by atoms with van der Waals surface area (Å²) in [5, 5.41) is 12.6. The first-order chi connectivity index (χ1) is 14.3. The first kappa shape index (κ1) is 21.2. The second-order valence-electron chi connectivity index (χ2n) is 7.31. The fraction of sp³-hybridized carbons (Fsp3) is 0.421. The molecule has 0 unspecified atom stereocenters. The zero-order valence-corrected chi connectivity index (χ0v) is 18.6. The molecule has 0 radical (unpaired) electrons. The maximum absolute atomic E-state index is 12.9. The van der Waals surface area contributed by atoms with Gasteiger partial charge in [-0.1, -0.05) is 12.1 Å². The SMILES string of the molecule is C[C@H](C(=O)O)N1Cc2ccc(-c3nc(NC4CCOCC4)ncc3Br)cc2S1(=O)=O. The van der Waals surface area contributed by atoms with Crippen LogP contribution in [0.1, 0.15) is 25.3 Å². The van der Waals surface area contributed by atoms with Gasteiger partial charge in [-0.3, -0.25) is 4.79 Å².